The molecule has 2 aromatic rings. The van der Waals surface area contributed by atoms with Gasteiger partial charge in [-0.05, 0) is 18.2 Å². The second kappa shape index (κ2) is 4.28. The number of aliphatic carboxylic acids is 1. The van der Waals surface area contributed by atoms with E-state index in [1.807, 2.05) is 0 Å². The lowest BCUT2D eigenvalue weighted by Gasteiger charge is -2.02. The Morgan fingerprint density at radius 1 is 1.47 bits per heavy atom. The molecule has 0 saturated heterocycles. The lowest BCUT2D eigenvalue weighted by Crippen LogP contribution is -2.25. The third-order valence-corrected chi connectivity index (χ3v) is 2.22. The number of halogens is 1. The fraction of sp³-hybridized carbons (Fsp3) is 0.200. The van der Waals surface area contributed by atoms with Crippen LogP contribution in [0.2, 0.25) is 0 Å². The largest absolute Gasteiger partial charge is 0.481 e. The van der Waals surface area contributed by atoms with Crippen molar-refractivity contribution in [1.29, 1.82) is 0 Å². The van der Waals surface area contributed by atoms with Gasteiger partial charge in [0, 0.05) is 0 Å². The number of hydrogen-bond donors (Lipinski definition) is 1. The van der Waals surface area contributed by atoms with Crippen LogP contribution in [0.5, 0.6) is 0 Å². The second-order valence-corrected chi connectivity index (χ2v) is 3.42. The number of carboxylic acid groups (broad SMARTS) is 1. The van der Waals surface area contributed by atoms with E-state index in [2.05, 4.69) is 10.3 Å². The van der Waals surface area contributed by atoms with Crippen LogP contribution in [-0.4, -0.2) is 26.1 Å². The Hall–Kier alpha value is -2.31. The topological polar surface area (TPSA) is 85.1 Å². The van der Waals surface area contributed by atoms with Crippen LogP contribution in [0.25, 0.3) is 10.9 Å². The molecule has 88 valence electrons. The number of aromatic nitrogens is 3. The van der Waals surface area contributed by atoms with Crippen LogP contribution in [0, 0.1) is 5.82 Å². The highest BCUT2D eigenvalue weighted by molar-refractivity contribution is 5.76. The maximum Gasteiger partial charge on any atom is 0.305 e. The molecule has 17 heavy (non-hydrogen) atoms. The summed E-state index contributed by atoms with van der Waals surface area (Å²) in [6.45, 7) is -0.0897. The molecule has 0 aliphatic rings. The first kappa shape index (κ1) is 11.2. The zero-order valence-corrected chi connectivity index (χ0v) is 8.63. The van der Waals surface area contributed by atoms with Crippen LogP contribution in [0.15, 0.2) is 23.0 Å². The minimum Gasteiger partial charge on any atom is -0.481 e. The van der Waals surface area contributed by atoms with Gasteiger partial charge in [0.05, 0.1) is 18.4 Å². The number of nitrogens with zero attached hydrogens (tertiary/aromatic N) is 3. The summed E-state index contributed by atoms with van der Waals surface area (Å²) in [6, 6.07) is 3.59. The van der Waals surface area contributed by atoms with E-state index in [-0.39, 0.29) is 23.9 Å². The Morgan fingerprint density at radius 2 is 2.24 bits per heavy atom. The quantitative estimate of drug-likeness (QED) is 0.835. The lowest BCUT2D eigenvalue weighted by atomic mass is 10.2. The molecular formula is C10H8FN3O3. The van der Waals surface area contributed by atoms with Crippen molar-refractivity contribution >= 4 is 16.9 Å². The van der Waals surface area contributed by atoms with Gasteiger partial charge < -0.3 is 5.11 Å². The highest BCUT2D eigenvalue weighted by Gasteiger charge is 2.07. The Balaban J connectivity index is 2.49. The van der Waals surface area contributed by atoms with Crippen molar-refractivity contribution in [2.45, 2.75) is 13.0 Å². The maximum absolute atomic E-state index is 13.0. The fourth-order valence-electron chi connectivity index (χ4n) is 1.40. The van der Waals surface area contributed by atoms with Gasteiger partial charge in [-0.15, -0.1) is 5.10 Å². The zero-order valence-electron chi connectivity index (χ0n) is 8.63. The van der Waals surface area contributed by atoms with Crippen molar-refractivity contribution in [1.82, 2.24) is 15.0 Å². The number of fused-ring (bicyclic) bond motifs is 1. The highest BCUT2D eigenvalue weighted by Crippen LogP contribution is 2.07. The van der Waals surface area contributed by atoms with E-state index in [9.17, 15) is 14.0 Å². The molecule has 7 heteroatoms. The molecule has 0 radical (unpaired) electrons. The van der Waals surface area contributed by atoms with Crippen molar-refractivity contribution < 1.29 is 14.3 Å². The van der Waals surface area contributed by atoms with Crippen LogP contribution >= 0.6 is 0 Å². The number of aryl methyl sites for hydroxylation is 1. The minimum absolute atomic E-state index is 0.0883. The first-order valence-corrected chi connectivity index (χ1v) is 4.83. The summed E-state index contributed by atoms with van der Waals surface area (Å²) in [5.74, 6) is -1.59. The summed E-state index contributed by atoms with van der Waals surface area (Å²) in [6.07, 6.45) is -0.241. The summed E-state index contributed by atoms with van der Waals surface area (Å²) in [4.78, 5) is 22.2. The second-order valence-electron chi connectivity index (χ2n) is 3.42. The Kier molecular flexibility index (Phi) is 2.82. The highest BCUT2D eigenvalue weighted by atomic mass is 19.1. The standard InChI is InChI=1S/C10H8FN3O3/c11-6-1-2-8-7(5-6)10(17)14(13-12-8)4-3-9(15)16/h1-2,5H,3-4H2,(H,15,16). The van der Waals surface area contributed by atoms with Gasteiger partial charge in [0.25, 0.3) is 5.56 Å². The van der Waals surface area contributed by atoms with Gasteiger partial charge in [0.15, 0.2) is 0 Å². The van der Waals surface area contributed by atoms with E-state index in [1.165, 1.54) is 12.1 Å². The predicted molar refractivity (Wildman–Crippen MR) is 56.0 cm³/mol. The molecule has 0 spiro atoms. The molecule has 2 rings (SSSR count). The number of carbonyl (C=O) groups is 1. The van der Waals surface area contributed by atoms with E-state index in [1.54, 1.807) is 0 Å². The van der Waals surface area contributed by atoms with Crippen LogP contribution in [0.4, 0.5) is 4.39 Å². The molecule has 0 unspecified atom stereocenters. The average Bonchev–Trinajstić information content (AvgIpc) is 2.29. The summed E-state index contributed by atoms with van der Waals surface area (Å²) in [5.41, 5.74) is -0.265. The van der Waals surface area contributed by atoms with Gasteiger partial charge in [-0.2, -0.15) is 0 Å². The smallest absolute Gasteiger partial charge is 0.305 e. The monoisotopic (exact) mass is 237 g/mol. The summed E-state index contributed by atoms with van der Waals surface area (Å²) < 4.78 is 13.9. The minimum atomic E-state index is -1.04. The molecule has 1 N–H and O–H groups in total. The van der Waals surface area contributed by atoms with Crippen LogP contribution in [-0.2, 0) is 11.3 Å². The molecule has 0 saturated carbocycles. The average molecular weight is 237 g/mol. The molecule has 0 aliphatic carbocycles. The molecular weight excluding hydrogens is 229 g/mol. The van der Waals surface area contributed by atoms with Gasteiger partial charge >= 0.3 is 5.97 Å². The normalized spacial score (nSPS) is 10.6. The predicted octanol–water partition coefficient (Wildman–Crippen LogP) is 0.405. The first-order valence-electron chi connectivity index (χ1n) is 4.83. The van der Waals surface area contributed by atoms with E-state index in [0.29, 0.717) is 0 Å². The summed E-state index contributed by atoms with van der Waals surface area (Å²) >= 11 is 0. The maximum atomic E-state index is 13.0. The third-order valence-electron chi connectivity index (χ3n) is 2.22. The molecule has 1 aromatic carbocycles. The van der Waals surface area contributed by atoms with Gasteiger partial charge in [0.2, 0.25) is 0 Å². The van der Waals surface area contributed by atoms with Gasteiger partial charge in [-0.1, -0.05) is 5.21 Å². The van der Waals surface area contributed by atoms with Crippen molar-refractivity contribution in [2.75, 3.05) is 0 Å². The number of rotatable bonds is 3. The molecule has 1 aromatic heterocycles. The molecule has 0 bridgehead atoms. The fourth-order valence-corrected chi connectivity index (χ4v) is 1.40. The lowest BCUT2D eigenvalue weighted by molar-refractivity contribution is -0.137. The Morgan fingerprint density at radius 3 is 2.94 bits per heavy atom. The molecule has 0 aliphatic heterocycles. The number of hydrogen-bond acceptors (Lipinski definition) is 4. The molecule has 0 atom stereocenters. The van der Waals surface area contributed by atoms with E-state index in [0.717, 1.165) is 10.7 Å². The van der Waals surface area contributed by atoms with Crippen LogP contribution in [0.1, 0.15) is 6.42 Å². The van der Waals surface area contributed by atoms with Crippen molar-refractivity contribution in [3.05, 3.63) is 34.4 Å². The Labute approximate surface area is 94.3 Å². The SMILES string of the molecule is O=C(O)CCn1nnc2ccc(F)cc2c1=O. The van der Waals surface area contributed by atoms with Crippen LogP contribution in [0.3, 0.4) is 0 Å². The first-order chi connectivity index (χ1) is 8.08. The number of carboxylic acids is 1. The van der Waals surface area contributed by atoms with Crippen molar-refractivity contribution in [3.8, 4) is 0 Å². The van der Waals surface area contributed by atoms with Crippen LogP contribution < -0.4 is 5.56 Å². The summed E-state index contributed by atoms with van der Waals surface area (Å²) in [5, 5.41) is 15.9. The van der Waals surface area contributed by atoms with E-state index >= 15 is 0 Å². The molecule has 0 amide bonds. The van der Waals surface area contributed by atoms with E-state index in [4.69, 9.17) is 5.11 Å². The number of benzene rings is 1. The molecule has 6 nitrogen and oxygen atoms in total. The van der Waals surface area contributed by atoms with Gasteiger partial charge in [-0.3, -0.25) is 9.59 Å². The third kappa shape index (κ3) is 2.27. The molecule has 1 heterocycles. The zero-order chi connectivity index (χ0) is 12.4. The Bertz CT molecular complexity index is 638. The van der Waals surface area contributed by atoms with Crippen molar-refractivity contribution in [3.63, 3.8) is 0 Å². The van der Waals surface area contributed by atoms with Gasteiger partial charge in [-0.25, -0.2) is 9.07 Å². The summed E-state index contributed by atoms with van der Waals surface area (Å²) in [7, 11) is 0. The van der Waals surface area contributed by atoms with Crippen molar-refractivity contribution in [2.24, 2.45) is 0 Å². The van der Waals surface area contributed by atoms with E-state index < -0.39 is 17.3 Å². The van der Waals surface area contributed by atoms with Gasteiger partial charge in [0.1, 0.15) is 11.3 Å². The molecule has 0 fully saturated rings.